The Hall–Kier alpha value is -1.91. The van der Waals surface area contributed by atoms with Gasteiger partial charge in [0.2, 0.25) is 0 Å². The summed E-state index contributed by atoms with van der Waals surface area (Å²) in [6.45, 7) is 8.19. The molecule has 28 heavy (non-hydrogen) atoms. The van der Waals surface area contributed by atoms with Crippen LogP contribution in [0.1, 0.15) is 36.3 Å². The number of aliphatic imine (C=N–C) groups is 1. The van der Waals surface area contributed by atoms with Crippen molar-refractivity contribution in [2.75, 3.05) is 31.6 Å². The minimum Gasteiger partial charge on any atom is -0.361 e. The van der Waals surface area contributed by atoms with Crippen molar-refractivity contribution in [1.82, 2.24) is 20.8 Å². The van der Waals surface area contributed by atoms with Gasteiger partial charge in [0, 0.05) is 50.4 Å². The first-order valence-corrected chi connectivity index (χ1v) is 9.25. The number of pyridine rings is 1. The fraction of sp³-hybridized carbons (Fsp3) is 0.526. The molecule has 3 heterocycles. The fourth-order valence-electron chi connectivity index (χ4n) is 3.61. The zero-order chi connectivity index (χ0) is 19.4. The van der Waals surface area contributed by atoms with E-state index in [-0.39, 0.29) is 41.8 Å². The van der Waals surface area contributed by atoms with E-state index in [1.807, 2.05) is 18.7 Å². The van der Waals surface area contributed by atoms with Gasteiger partial charge in [0.1, 0.15) is 5.76 Å². The van der Waals surface area contributed by atoms with Crippen molar-refractivity contribution in [1.29, 1.82) is 0 Å². The molecule has 0 aliphatic carbocycles. The SMILES string of the molecule is CN=C(NCC(C)c1c(C)noc1C)NC1CCN(c2ncccc2F)C1.I. The number of nitrogens with zero attached hydrogens (tertiary/aromatic N) is 4. The second kappa shape index (κ2) is 10.0. The second-order valence-corrected chi connectivity index (χ2v) is 6.98. The number of guanidine groups is 1. The summed E-state index contributed by atoms with van der Waals surface area (Å²) in [6, 6.07) is 3.24. The van der Waals surface area contributed by atoms with Crippen molar-refractivity contribution >= 4 is 35.8 Å². The highest BCUT2D eigenvalue weighted by atomic mass is 127. The first-order valence-electron chi connectivity index (χ1n) is 9.25. The quantitative estimate of drug-likeness (QED) is 0.372. The maximum Gasteiger partial charge on any atom is 0.191 e. The van der Waals surface area contributed by atoms with Crippen LogP contribution in [0.5, 0.6) is 0 Å². The van der Waals surface area contributed by atoms with Crippen LogP contribution in [0.2, 0.25) is 0 Å². The van der Waals surface area contributed by atoms with Gasteiger partial charge in [-0.3, -0.25) is 4.99 Å². The Labute approximate surface area is 182 Å². The highest BCUT2D eigenvalue weighted by molar-refractivity contribution is 14.0. The molecule has 2 unspecified atom stereocenters. The van der Waals surface area contributed by atoms with Crippen LogP contribution in [0.15, 0.2) is 27.8 Å². The number of nitrogens with one attached hydrogen (secondary N) is 2. The van der Waals surface area contributed by atoms with E-state index in [2.05, 4.69) is 32.7 Å². The molecule has 2 N–H and O–H groups in total. The maximum absolute atomic E-state index is 13.9. The monoisotopic (exact) mass is 502 g/mol. The molecule has 0 radical (unpaired) electrons. The highest BCUT2D eigenvalue weighted by Gasteiger charge is 2.26. The predicted molar refractivity (Wildman–Crippen MR) is 119 cm³/mol. The molecule has 1 aliphatic rings. The predicted octanol–water partition coefficient (Wildman–Crippen LogP) is 2.99. The van der Waals surface area contributed by atoms with Gasteiger partial charge in [-0.05, 0) is 32.4 Å². The summed E-state index contributed by atoms with van der Waals surface area (Å²) >= 11 is 0. The van der Waals surface area contributed by atoms with Crippen molar-refractivity contribution in [2.45, 2.75) is 39.2 Å². The lowest BCUT2D eigenvalue weighted by Gasteiger charge is -2.21. The van der Waals surface area contributed by atoms with Gasteiger partial charge in [0.15, 0.2) is 17.6 Å². The van der Waals surface area contributed by atoms with E-state index in [0.717, 1.165) is 35.9 Å². The number of hydrogen-bond donors (Lipinski definition) is 2. The topological polar surface area (TPSA) is 78.6 Å². The normalized spacial score (nSPS) is 18.0. The van der Waals surface area contributed by atoms with E-state index < -0.39 is 0 Å². The number of aryl methyl sites for hydroxylation is 2. The van der Waals surface area contributed by atoms with Crippen LogP contribution in [0.3, 0.4) is 0 Å². The maximum atomic E-state index is 13.9. The molecule has 7 nitrogen and oxygen atoms in total. The molecule has 1 saturated heterocycles. The van der Waals surface area contributed by atoms with Gasteiger partial charge in [-0.2, -0.15) is 0 Å². The number of aromatic nitrogens is 2. The lowest BCUT2D eigenvalue weighted by molar-refractivity contribution is 0.391. The fourth-order valence-corrected chi connectivity index (χ4v) is 3.61. The van der Waals surface area contributed by atoms with E-state index >= 15 is 0 Å². The number of hydrogen-bond acceptors (Lipinski definition) is 5. The summed E-state index contributed by atoms with van der Waals surface area (Å²) in [6.07, 6.45) is 2.52. The molecule has 3 rings (SSSR count). The summed E-state index contributed by atoms with van der Waals surface area (Å²) in [5, 5.41) is 10.8. The molecule has 0 aromatic carbocycles. The molecule has 2 atom stereocenters. The summed E-state index contributed by atoms with van der Waals surface area (Å²) in [4.78, 5) is 10.4. The van der Waals surface area contributed by atoms with Gasteiger partial charge in [-0.15, -0.1) is 24.0 Å². The standard InChI is InChI=1S/C19H27FN6O.HI/c1-12(17-13(2)25-27-14(17)3)10-23-19(21-4)24-15-7-9-26(11-15)18-16(20)6-5-8-22-18;/h5-6,8,12,15H,7,9-11H2,1-4H3,(H2,21,23,24);1H. The molecule has 0 amide bonds. The first-order chi connectivity index (χ1) is 13.0. The number of anilines is 1. The summed E-state index contributed by atoms with van der Waals surface area (Å²) in [5.74, 6) is 1.97. The Morgan fingerprint density at radius 2 is 2.25 bits per heavy atom. The van der Waals surface area contributed by atoms with E-state index in [4.69, 9.17) is 4.52 Å². The third kappa shape index (κ3) is 5.12. The van der Waals surface area contributed by atoms with E-state index in [0.29, 0.717) is 18.9 Å². The number of halogens is 2. The summed E-state index contributed by atoms with van der Waals surface area (Å²) < 4.78 is 19.2. The zero-order valence-corrected chi connectivity index (χ0v) is 19.0. The largest absolute Gasteiger partial charge is 0.361 e. The van der Waals surface area contributed by atoms with Gasteiger partial charge >= 0.3 is 0 Å². The molecular weight excluding hydrogens is 474 g/mol. The molecule has 9 heteroatoms. The number of rotatable bonds is 5. The minimum absolute atomic E-state index is 0. The Kier molecular flexibility index (Phi) is 8.02. The van der Waals surface area contributed by atoms with Gasteiger partial charge < -0.3 is 20.1 Å². The van der Waals surface area contributed by atoms with Crippen LogP contribution < -0.4 is 15.5 Å². The Morgan fingerprint density at radius 3 is 2.89 bits per heavy atom. The van der Waals surface area contributed by atoms with Gasteiger partial charge in [0.25, 0.3) is 0 Å². The molecule has 0 bridgehead atoms. The molecular formula is C19H28FIN6O. The molecule has 2 aromatic rings. The van der Waals surface area contributed by atoms with Crippen LogP contribution >= 0.6 is 24.0 Å². The van der Waals surface area contributed by atoms with Gasteiger partial charge in [-0.1, -0.05) is 12.1 Å². The third-order valence-corrected chi connectivity index (χ3v) is 4.95. The van der Waals surface area contributed by atoms with Crippen molar-refractivity contribution in [3.05, 3.63) is 41.2 Å². The van der Waals surface area contributed by atoms with Gasteiger partial charge in [-0.25, -0.2) is 9.37 Å². The summed E-state index contributed by atoms with van der Waals surface area (Å²) in [7, 11) is 1.75. The highest BCUT2D eigenvalue weighted by Crippen LogP contribution is 2.23. The third-order valence-electron chi connectivity index (χ3n) is 4.95. The average Bonchev–Trinajstić information content (AvgIpc) is 3.25. The zero-order valence-electron chi connectivity index (χ0n) is 16.7. The molecule has 0 spiro atoms. The second-order valence-electron chi connectivity index (χ2n) is 6.98. The smallest absolute Gasteiger partial charge is 0.191 e. The molecule has 1 aliphatic heterocycles. The molecule has 0 saturated carbocycles. The van der Waals surface area contributed by atoms with Crippen LogP contribution in [0.4, 0.5) is 10.2 Å². The van der Waals surface area contributed by atoms with Crippen LogP contribution in [0, 0.1) is 19.7 Å². The van der Waals surface area contributed by atoms with Crippen molar-refractivity contribution in [3.63, 3.8) is 0 Å². The summed E-state index contributed by atoms with van der Waals surface area (Å²) in [5.41, 5.74) is 2.06. The molecule has 1 fully saturated rings. The molecule has 2 aromatic heterocycles. The first kappa shape index (κ1) is 22.4. The minimum atomic E-state index is -0.283. The van der Waals surface area contributed by atoms with Crippen molar-refractivity contribution in [3.8, 4) is 0 Å². The average molecular weight is 502 g/mol. The van der Waals surface area contributed by atoms with Crippen molar-refractivity contribution < 1.29 is 8.91 Å². The van der Waals surface area contributed by atoms with Gasteiger partial charge in [0.05, 0.1) is 5.69 Å². The van der Waals surface area contributed by atoms with E-state index in [1.54, 1.807) is 19.3 Å². The lowest BCUT2D eigenvalue weighted by Crippen LogP contribution is -2.45. The lowest BCUT2D eigenvalue weighted by atomic mass is 10.00. The Morgan fingerprint density at radius 1 is 1.46 bits per heavy atom. The van der Waals surface area contributed by atoms with Crippen molar-refractivity contribution in [2.24, 2.45) is 4.99 Å². The molecule has 154 valence electrons. The van der Waals surface area contributed by atoms with Crippen LogP contribution in [-0.2, 0) is 0 Å². The van der Waals surface area contributed by atoms with Crippen LogP contribution in [0.25, 0.3) is 0 Å². The Bertz CT molecular complexity index is 792. The van der Waals surface area contributed by atoms with Crippen LogP contribution in [-0.4, -0.2) is 48.8 Å². The van der Waals surface area contributed by atoms with E-state index in [1.165, 1.54) is 6.07 Å². The Balaban J connectivity index is 0.00000280. The van der Waals surface area contributed by atoms with E-state index in [9.17, 15) is 4.39 Å².